The third kappa shape index (κ3) is 12.2. The second kappa shape index (κ2) is 11.7. The van der Waals surface area contributed by atoms with Crippen molar-refractivity contribution in [2.75, 3.05) is 0 Å². The molecule has 2 nitrogen and oxygen atoms in total. The van der Waals surface area contributed by atoms with Gasteiger partial charge >= 0.3 is 0 Å². The van der Waals surface area contributed by atoms with Crippen LogP contribution < -0.4 is 0 Å². The molecule has 0 spiro atoms. The molecule has 0 bridgehead atoms. The highest BCUT2D eigenvalue weighted by Crippen LogP contribution is 1.73. The van der Waals surface area contributed by atoms with E-state index in [4.69, 9.17) is 5.26 Å². The molecule has 0 fully saturated rings. The number of hydrogen-bond acceptors (Lipinski definition) is 2. The van der Waals surface area contributed by atoms with Crippen LogP contribution in [0.5, 0.6) is 0 Å². The molecule has 60 valence electrons. The predicted molar refractivity (Wildman–Crippen MR) is 47.4 cm³/mol. The summed E-state index contributed by atoms with van der Waals surface area (Å²) in [5.74, 6) is 0. The molecule has 1 rings (SSSR count). The lowest BCUT2D eigenvalue weighted by Gasteiger charge is -1.70. The molecular formula is C8H11ClN2. The van der Waals surface area contributed by atoms with Crippen molar-refractivity contribution in [3.63, 3.8) is 0 Å². The van der Waals surface area contributed by atoms with Crippen molar-refractivity contribution >= 4 is 12.4 Å². The van der Waals surface area contributed by atoms with E-state index in [0.717, 1.165) is 0 Å². The van der Waals surface area contributed by atoms with E-state index < -0.39 is 0 Å². The van der Waals surface area contributed by atoms with Gasteiger partial charge in [-0.1, -0.05) is 13.0 Å². The van der Waals surface area contributed by atoms with Gasteiger partial charge in [0.15, 0.2) is 0 Å². The summed E-state index contributed by atoms with van der Waals surface area (Å²) in [5, 5.41) is 7.62. The molecule has 0 aromatic carbocycles. The van der Waals surface area contributed by atoms with Gasteiger partial charge in [-0.15, -0.1) is 12.4 Å². The zero-order valence-corrected chi connectivity index (χ0v) is 7.21. The van der Waals surface area contributed by atoms with Crippen molar-refractivity contribution < 1.29 is 0 Å². The molecule has 0 saturated carbocycles. The number of hydrogen-bond donors (Lipinski definition) is 0. The first-order valence-electron chi connectivity index (χ1n) is 3.13. The van der Waals surface area contributed by atoms with E-state index in [1.807, 2.05) is 31.2 Å². The van der Waals surface area contributed by atoms with Gasteiger partial charge in [0.1, 0.15) is 0 Å². The van der Waals surface area contributed by atoms with Gasteiger partial charge in [-0.25, -0.2) is 0 Å². The molecule has 3 heteroatoms. The van der Waals surface area contributed by atoms with Gasteiger partial charge in [0.2, 0.25) is 0 Å². The van der Waals surface area contributed by atoms with Crippen LogP contribution in [0.4, 0.5) is 0 Å². The molecule has 1 heterocycles. The maximum atomic E-state index is 7.62. The average molecular weight is 171 g/mol. The van der Waals surface area contributed by atoms with E-state index in [1.165, 1.54) is 0 Å². The SMILES string of the molecule is CCC#N.Cl.c1ccncc1. The Balaban J connectivity index is 0. The van der Waals surface area contributed by atoms with Crippen molar-refractivity contribution in [3.8, 4) is 6.07 Å². The van der Waals surface area contributed by atoms with Crippen molar-refractivity contribution in [2.45, 2.75) is 13.3 Å². The van der Waals surface area contributed by atoms with E-state index in [-0.39, 0.29) is 12.4 Å². The lowest BCUT2D eigenvalue weighted by molar-refractivity contribution is 1.22. The molecular weight excluding hydrogens is 160 g/mol. The molecule has 11 heavy (non-hydrogen) atoms. The molecule has 0 N–H and O–H groups in total. The Morgan fingerprint density at radius 2 is 1.73 bits per heavy atom. The smallest absolute Gasteiger partial charge is 0.0618 e. The molecule has 0 saturated heterocycles. The van der Waals surface area contributed by atoms with Crippen molar-refractivity contribution in [2.24, 2.45) is 0 Å². The summed E-state index contributed by atoms with van der Waals surface area (Å²) >= 11 is 0. The lowest BCUT2D eigenvalue weighted by Crippen LogP contribution is -1.58. The second-order valence-electron chi connectivity index (χ2n) is 1.54. The van der Waals surface area contributed by atoms with Gasteiger partial charge < -0.3 is 0 Å². The quantitative estimate of drug-likeness (QED) is 0.600. The molecule has 0 unspecified atom stereocenters. The highest BCUT2D eigenvalue weighted by Gasteiger charge is 1.58. The molecule has 0 radical (unpaired) electrons. The fourth-order valence-corrected chi connectivity index (χ4v) is 0.313. The Labute approximate surface area is 73.3 Å². The third-order valence-corrected chi connectivity index (χ3v) is 0.725. The largest absolute Gasteiger partial charge is 0.265 e. The predicted octanol–water partition coefficient (Wildman–Crippen LogP) is 2.42. The van der Waals surface area contributed by atoms with Gasteiger partial charge in [0.25, 0.3) is 0 Å². The highest BCUT2D eigenvalue weighted by molar-refractivity contribution is 5.85. The monoisotopic (exact) mass is 170 g/mol. The third-order valence-electron chi connectivity index (χ3n) is 0.725. The first-order valence-corrected chi connectivity index (χ1v) is 3.13. The zero-order chi connectivity index (χ0) is 7.66. The van der Waals surface area contributed by atoms with Gasteiger partial charge in [0.05, 0.1) is 6.07 Å². The standard InChI is InChI=1S/C5H5N.C3H5N.ClH/c1-2-4-6-5-3-1;1-2-3-4;/h1-5H;2H2,1H3;1H. The first-order chi connectivity index (χ1) is 4.91. The molecule has 0 aliphatic carbocycles. The summed E-state index contributed by atoms with van der Waals surface area (Å²) in [6.07, 6.45) is 4.12. The van der Waals surface area contributed by atoms with Crippen LogP contribution in [0.2, 0.25) is 0 Å². The minimum atomic E-state index is 0. The number of halogens is 1. The Kier molecular flexibility index (Phi) is 13.4. The first kappa shape index (κ1) is 12.6. The Hall–Kier alpha value is -1.07. The van der Waals surface area contributed by atoms with Gasteiger partial charge in [-0.3, -0.25) is 4.98 Å². The fourth-order valence-electron chi connectivity index (χ4n) is 0.313. The second-order valence-corrected chi connectivity index (χ2v) is 1.54. The van der Waals surface area contributed by atoms with Crippen LogP contribution in [0, 0.1) is 11.3 Å². The molecule has 0 aliphatic heterocycles. The number of aromatic nitrogens is 1. The fraction of sp³-hybridized carbons (Fsp3) is 0.250. The number of rotatable bonds is 0. The number of nitriles is 1. The van der Waals surface area contributed by atoms with Crippen LogP contribution in [0.1, 0.15) is 13.3 Å². The summed E-state index contributed by atoms with van der Waals surface area (Å²) in [4.78, 5) is 3.78. The van der Waals surface area contributed by atoms with Crippen molar-refractivity contribution in [3.05, 3.63) is 30.6 Å². The van der Waals surface area contributed by atoms with Crippen LogP contribution in [0.15, 0.2) is 30.6 Å². The van der Waals surface area contributed by atoms with Crippen LogP contribution >= 0.6 is 12.4 Å². The summed E-state index contributed by atoms with van der Waals surface area (Å²) in [6.45, 7) is 1.82. The Morgan fingerprint density at radius 1 is 1.27 bits per heavy atom. The summed E-state index contributed by atoms with van der Waals surface area (Å²) < 4.78 is 0. The molecule has 0 amide bonds. The maximum absolute atomic E-state index is 7.62. The summed E-state index contributed by atoms with van der Waals surface area (Å²) in [6, 6.07) is 7.65. The van der Waals surface area contributed by atoms with Gasteiger partial charge in [0, 0.05) is 18.8 Å². The maximum Gasteiger partial charge on any atom is 0.0618 e. The molecule has 1 aromatic heterocycles. The van der Waals surface area contributed by atoms with Crippen molar-refractivity contribution in [1.29, 1.82) is 5.26 Å². The van der Waals surface area contributed by atoms with Gasteiger partial charge in [-0.2, -0.15) is 5.26 Å². The zero-order valence-electron chi connectivity index (χ0n) is 6.40. The summed E-state index contributed by atoms with van der Waals surface area (Å²) in [5.41, 5.74) is 0. The van der Waals surface area contributed by atoms with Crippen LogP contribution in [0.25, 0.3) is 0 Å². The minimum Gasteiger partial charge on any atom is -0.265 e. The number of nitrogens with zero attached hydrogens (tertiary/aromatic N) is 2. The normalized spacial score (nSPS) is 6.18. The van der Waals surface area contributed by atoms with Crippen LogP contribution in [-0.2, 0) is 0 Å². The van der Waals surface area contributed by atoms with Crippen LogP contribution in [0.3, 0.4) is 0 Å². The molecule has 1 aromatic rings. The molecule has 0 atom stereocenters. The van der Waals surface area contributed by atoms with E-state index in [9.17, 15) is 0 Å². The van der Waals surface area contributed by atoms with Crippen molar-refractivity contribution in [1.82, 2.24) is 4.98 Å². The van der Waals surface area contributed by atoms with E-state index in [1.54, 1.807) is 12.4 Å². The average Bonchev–Trinajstić information content (AvgIpc) is 2.08. The molecule has 0 aliphatic rings. The topological polar surface area (TPSA) is 36.7 Å². The van der Waals surface area contributed by atoms with E-state index in [0.29, 0.717) is 6.42 Å². The Morgan fingerprint density at radius 3 is 1.82 bits per heavy atom. The van der Waals surface area contributed by atoms with E-state index in [2.05, 4.69) is 4.98 Å². The van der Waals surface area contributed by atoms with E-state index >= 15 is 0 Å². The highest BCUT2D eigenvalue weighted by atomic mass is 35.5. The summed E-state index contributed by atoms with van der Waals surface area (Å²) in [7, 11) is 0. The Bertz CT molecular complexity index is 154. The number of pyridine rings is 1. The lowest BCUT2D eigenvalue weighted by atomic mass is 10.5. The van der Waals surface area contributed by atoms with Crippen LogP contribution in [-0.4, -0.2) is 4.98 Å². The minimum absolute atomic E-state index is 0. The van der Waals surface area contributed by atoms with Gasteiger partial charge in [-0.05, 0) is 12.1 Å².